The van der Waals surface area contributed by atoms with E-state index >= 15 is 0 Å². The van der Waals surface area contributed by atoms with Gasteiger partial charge in [-0.2, -0.15) is 0 Å². The van der Waals surface area contributed by atoms with Gasteiger partial charge in [-0.1, -0.05) is 0 Å². The molecule has 2 heterocycles. The third-order valence-electron chi connectivity index (χ3n) is 7.82. The van der Waals surface area contributed by atoms with Crippen molar-refractivity contribution >= 4 is 41.5 Å². The van der Waals surface area contributed by atoms with Crippen molar-refractivity contribution < 1.29 is 82.8 Å². The minimum Gasteiger partial charge on any atom is -0.481 e. The number of hydrogen-bond acceptors (Lipinski definition) is 16. The van der Waals surface area contributed by atoms with E-state index < -0.39 is 141 Å². The molecule has 2 rings (SSSR count). The molecule has 13 atom stereocenters. The topological polar surface area (TPSA) is 341 Å². The van der Waals surface area contributed by atoms with Crippen LogP contribution in [0, 0.1) is 0 Å². The van der Waals surface area contributed by atoms with Crippen LogP contribution in [0.1, 0.15) is 47.5 Å². The van der Waals surface area contributed by atoms with E-state index in [1.165, 1.54) is 13.8 Å². The standard InChI is InChI=1S/C29H47N5O17/c1-10(26(44)34-15(25(30)43)6-7-18(39)40)31-27(45)11(2)48-24-20(33-13(4)37)28(46)49-16(8-35)23(24)51-29-19(32-12(3)36)22(42)21(41)17(50-29)9-47-14(5)38/h10-11,15-17,19-24,28-29,35,41-42,46H,6-9H2,1-5H3,(H2,30,43)(H,31,45)(H,32,36)(H,33,37)(H,34,44)(H,39,40). The van der Waals surface area contributed by atoms with Crippen LogP contribution in [0.5, 0.6) is 0 Å². The number of carboxylic acids is 1. The van der Waals surface area contributed by atoms with Crippen molar-refractivity contribution in [2.24, 2.45) is 5.73 Å². The predicted molar refractivity (Wildman–Crippen MR) is 165 cm³/mol. The highest BCUT2D eigenvalue weighted by Gasteiger charge is 2.53. The van der Waals surface area contributed by atoms with Crippen molar-refractivity contribution in [2.75, 3.05) is 13.2 Å². The third kappa shape index (κ3) is 12.6. The van der Waals surface area contributed by atoms with Gasteiger partial charge in [-0.05, 0) is 20.3 Å². The number of nitrogens with one attached hydrogen (secondary N) is 4. The maximum atomic E-state index is 13.2. The van der Waals surface area contributed by atoms with E-state index in [0.29, 0.717) is 0 Å². The molecule has 11 N–H and O–H groups in total. The fourth-order valence-corrected chi connectivity index (χ4v) is 5.25. The molecule has 22 nitrogen and oxygen atoms in total. The number of nitrogens with two attached hydrogens (primary N) is 1. The fraction of sp³-hybridized carbons (Fsp3) is 0.759. The van der Waals surface area contributed by atoms with E-state index in [1.54, 1.807) is 0 Å². The minimum atomic E-state index is -1.85. The van der Waals surface area contributed by atoms with Gasteiger partial charge in [-0.25, -0.2) is 0 Å². The zero-order valence-electron chi connectivity index (χ0n) is 28.5. The smallest absolute Gasteiger partial charge is 0.303 e. The number of aliphatic hydroxyl groups is 4. The van der Waals surface area contributed by atoms with Gasteiger partial charge in [-0.3, -0.25) is 33.6 Å². The summed E-state index contributed by atoms with van der Waals surface area (Å²) >= 11 is 0. The molecule has 2 aliphatic heterocycles. The van der Waals surface area contributed by atoms with Crippen LogP contribution < -0.4 is 27.0 Å². The van der Waals surface area contributed by atoms with Crippen LogP contribution in [-0.4, -0.2) is 160 Å². The lowest BCUT2D eigenvalue weighted by Crippen LogP contribution is -2.70. The summed E-state index contributed by atoms with van der Waals surface area (Å²) in [4.78, 5) is 84.1. The molecule has 22 heteroatoms. The molecular formula is C29H47N5O17. The Morgan fingerprint density at radius 2 is 1.43 bits per heavy atom. The molecule has 0 aromatic carbocycles. The van der Waals surface area contributed by atoms with Crippen molar-refractivity contribution in [3.8, 4) is 0 Å². The fourth-order valence-electron chi connectivity index (χ4n) is 5.25. The Hall–Kier alpha value is -4.03. The maximum Gasteiger partial charge on any atom is 0.303 e. The first-order valence-corrected chi connectivity index (χ1v) is 15.8. The lowest BCUT2D eigenvalue weighted by atomic mass is 9.94. The van der Waals surface area contributed by atoms with Crippen LogP contribution in [0.4, 0.5) is 0 Å². The zero-order valence-corrected chi connectivity index (χ0v) is 28.5. The summed E-state index contributed by atoms with van der Waals surface area (Å²) in [6.45, 7) is 4.35. The van der Waals surface area contributed by atoms with Gasteiger partial charge in [0.05, 0.1) is 6.61 Å². The number of carbonyl (C=O) groups excluding carboxylic acids is 6. The number of amides is 5. The Morgan fingerprint density at radius 3 is 1.96 bits per heavy atom. The van der Waals surface area contributed by atoms with E-state index in [2.05, 4.69) is 21.3 Å². The van der Waals surface area contributed by atoms with Crippen molar-refractivity contribution in [1.82, 2.24) is 21.3 Å². The Bertz CT molecular complexity index is 1270. The molecule has 0 aromatic rings. The second-order valence-corrected chi connectivity index (χ2v) is 12.0. The summed E-state index contributed by atoms with van der Waals surface area (Å²) in [6, 6.07) is -5.66. The number of rotatable bonds is 17. The van der Waals surface area contributed by atoms with E-state index in [4.69, 9.17) is 34.5 Å². The van der Waals surface area contributed by atoms with Crippen LogP contribution in [0.15, 0.2) is 0 Å². The van der Waals surface area contributed by atoms with Crippen LogP contribution in [0.25, 0.3) is 0 Å². The molecule has 0 aromatic heterocycles. The molecule has 51 heavy (non-hydrogen) atoms. The Morgan fingerprint density at radius 1 is 0.824 bits per heavy atom. The van der Waals surface area contributed by atoms with Crippen LogP contribution in [-0.2, 0) is 57.2 Å². The average molecular weight is 738 g/mol. The Labute approximate surface area is 291 Å². The molecule has 0 radical (unpaired) electrons. The van der Waals surface area contributed by atoms with E-state index in [-0.39, 0.29) is 6.42 Å². The van der Waals surface area contributed by atoms with E-state index in [1.807, 2.05) is 0 Å². The highest BCUT2D eigenvalue weighted by Crippen LogP contribution is 2.31. The number of esters is 1. The first-order valence-electron chi connectivity index (χ1n) is 15.8. The first-order chi connectivity index (χ1) is 23.8. The highest BCUT2D eigenvalue weighted by molar-refractivity contribution is 5.92. The van der Waals surface area contributed by atoms with Crippen molar-refractivity contribution in [1.29, 1.82) is 0 Å². The highest BCUT2D eigenvalue weighted by atomic mass is 16.7. The molecule has 0 aliphatic carbocycles. The number of primary amides is 1. The third-order valence-corrected chi connectivity index (χ3v) is 7.82. The summed E-state index contributed by atoms with van der Waals surface area (Å²) < 4.78 is 28.2. The van der Waals surface area contributed by atoms with Crippen molar-refractivity contribution in [3.05, 3.63) is 0 Å². The summed E-state index contributed by atoms with van der Waals surface area (Å²) in [5, 5.41) is 60.8. The number of hydrogen-bond donors (Lipinski definition) is 10. The van der Waals surface area contributed by atoms with Gasteiger partial charge in [0, 0.05) is 27.2 Å². The van der Waals surface area contributed by atoms with Gasteiger partial charge in [-0.15, -0.1) is 0 Å². The van der Waals surface area contributed by atoms with Crippen molar-refractivity contribution in [2.45, 2.75) is 127 Å². The summed E-state index contributed by atoms with van der Waals surface area (Å²) in [7, 11) is 0. The second-order valence-electron chi connectivity index (χ2n) is 12.0. The van der Waals surface area contributed by atoms with Gasteiger partial charge < -0.3 is 76.2 Å². The lowest BCUT2D eigenvalue weighted by molar-refractivity contribution is -0.333. The number of ether oxygens (including phenoxy) is 5. The van der Waals surface area contributed by atoms with Gasteiger partial charge in [0.25, 0.3) is 0 Å². The zero-order chi connectivity index (χ0) is 38.7. The molecule has 2 fully saturated rings. The molecule has 13 unspecified atom stereocenters. The minimum absolute atomic E-state index is 0.311. The van der Waals surface area contributed by atoms with E-state index in [0.717, 1.165) is 20.8 Å². The summed E-state index contributed by atoms with van der Waals surface area (Å²) in [5.74, 6) is -6.20. The van der Waals surface area contributed by atoms with Gasteiger partial charge >= 0.3 is 11.9 Å². The molecule has 2 aliphatic rings. The molecular weight excluding hydrogens is 690 g/mol. The quantitative estimate of drug-likeness (QED) is 0.0622. The number of aliphatic carboxylic acids is 1. The number of aliphatic hydroxyl groups excluding tert-OH is 4. The molecule has 2 saturated heterocycles. The molecule has 0 saturated carbocycles. The molecule has 5 amide bonds. The van der Waals surface area contributed by atoms with Crippen molar-refractivity contribution in [3.63, 3.8) is 0 Å². The second kappa shape index (κ2) is 19.5. The maximum absolute atomic E-state index is 13.2. The molecule has 0 bridgehead atoms. The Kier molecular flexibility index (Phi) is 16.5. The first kappa shape index (κ1) is 43.1. The summed E-state index contributed by atoms with van der Waals surface area (Å²) in [6.07, 6.45) is -15.3. The van der Waals surface area contributed by atoms with E-state index in [9.17, 15) is 54.0 Å². The average Bonchev–Trinajstić information content (AvgIpc) is 3.03. The largest absolute Gasteiger partial charge is 0.481 e. The predicted octanol–water partition coefficient (Wildman–Crippen LogP) is -5.79. The number of carboxylic acid groups (broad SMARTS) is 1. The molecule has 290 valence electrons. The molecule has 0 spiro atoms. The lowest BCUT2D eigenvalue weighted by Gasteiger charge is -2.48. The normalized spacial score (nSPS) is 30.8. The summed E-state index contributed by atoms with van der Waals surface area (Å²) in [5.41, 5.74) is 5.25. The van der Waals surface area contributed by atoms with Gasteiger partial charge in [0.15, 0.2) is 12.6 Å². The SMILES string of the molecule is CC(=O)NC1C(OC2C(CO)OC(O)C(NC(C)=O)C2OC(C)C(=O)NC(C)C(=O)NC(CCC(=O)O)C(N)=O)OC(COC(C)=O)C(O)C1O. The number of carbonyl (C=O) groups is 7. The monoisotopic (exact) mass is 737 g/mol. The van der Waals surface area contributed by atoms with Crippen LogP contribution in [0.3, 0.4) is 0 Å². The Balaban J connectivity index is 2.38. The van der Waals surface area contributed by atoms with Gasteiger partial charge in [0.2, 0.25) is 29.5 Å². The van der Waals surface area contributed by atoms with Crippen LogP contribution in [0.2, 0.25) is 0 Å². The van der Waals surface area contributed by atoms with Gasteiger partial charge in [0.1, 0.15) is 73.5 Å². The van der Waals surface area contributed by atoms with Crippen LogP contribution >= 0.6 is 0 Å².